The second-order valence-electron chi connectivity index (χ2n) is 5.83. The Hall–Kier alpha value is -1.75. The molecule has 0 spiro atoms. The monoisotopic (exact) mass is 290 g/mol. The van der Waals surface area contributed by atoms with Crippen LogP contribution in [0.3, 0.4) is 0 Å². The smallest absolute Gasteiger partial charge is 0.227 e. The molecule has 3 rings (SSSR count). The third kappa shape index (κ3) is 2.83. The zero-order valence-electron chi connectivity index (χ0n) is 12.6. The molecule has 1 aromatic rings. The maximum Gasteiger partial charge on any atom is 0.227 e. The number of nitrogens with zero attached hydrogens (tertiary/aromatic N) is 1. The summed E-state index contributed by atoms with van der Waals surface area (Å²) < 4.78 is 10.6. The van der Waals surface area contributed by atoms with Gasteiger partial charge in [0.1, 0.15) is 11.5 Å². The van der Waals surface area contributed by atoms with Crippen LogP contribution in [-0.4, -0.2) is 51.2 Å². The van der Waals surface area contributed by atoms with Crippen LogP contribution in [0.15, 0.2) is 18.2 Å². The van der Waals surface area contributed by atoms with Crippen LogP contribution in [0.1, 0.15) is 5.56 Å². The number of carbonyl (C=O) groups excluding carboxylic acids is 1. The van der Waals surface area contributed by atoms with E-state index in [0.717, 1.165) is 43.2 Å². The number of benzene rings is 1. The number of hydrogen-bond acceptors (Lipinski definition) is 4. The average Bonchev–Trinajstić information content (AvgIpc) is 3.08. The first-order chi connectivity index (χ1) is 10.2. The highest BCUT2D eigenvalue weighted by molar-refractivity contribution is 5.80. The average molecular weight is 290 g/mol. The van der Waals surface area contributed by atoms with E-state index in [9.17, 15) is 4.79 Å². The number of hydrogen-bond donors (Lipinski definition) is 1. The fourth-order valence-corrected chi connectivity index (χ4v) is 3.35. The van der Waals surface area contributed by atoms with Gasteiger partial charge in [0.05, 0.1) is 20.6 Å². The first-order valence-electron chi connectivity index (χ1n) is 7.40. The van der Waals surface area contributed by atoms with E-state index in [-0.39, 0.29) is 5.91 Å². The quantitative estimate of drug-likeness (QED) is 0.896. The van der Waals surface area contributed by atoms with Crippen molar-refractivity contribution >= 4 is 5.91 Å². The van der Waals surface area contributed by atoms with Gasteiger partial charge in [-0.15, -0.1) is 0 Å². The maximum atomic E-state index is 12.5. The normalized spacial score (nSPS) is 24.0. The van der Waals surface area contributed by atoms with Gasteiger partial charge in [-0.25, -0.2) is 0 Å². The molecule has 0 aromatic heterocycles. The molecular formula is C16H22N2O3. The minimum atomic E-state index is 0.177. The van der Waals surface area contributed by atoms with Gasteiger partial charge in [0, 0.05) is 31.7 Å². The summed E-state index contributed by atoms with van der Waals surface area (Å²) in [6, 6.07) is 5.58. The summed E-state index contributed by atoms with van der Waals surface area (Å²) in [5.41, 5.74) is 0.886. The number of nitrogens with one attached hydrogen (secondary N) is 1. The van der Waals surface area contributed by atoms with Crippen molar-refractivity contribution in [1.29, 1.82) is 0 Å². The highest BCUT2D eigenvalue weighted by Gasteiger charge is 2.37. The Labute approximate surface area is 125 Å². The number of amides is 1. The first kappa shape index (κ1) is 14.2. The van der Waals surface area contributed by atoms with Crippen molar-refractivity contribution in [1.82, 2.24) is 10.2 Å². The summed E-state index contributed by atoms with van der Waals surface area (Å²) in [4.78, 5) is 14.5. The van der Waals surface area contributed by atoms with Crippen LogP contribution in [0.5, 0.6) is 11.5 Å². The molecule has 0 saturated carbocycles. The number of likely N-dealkylation sites (tertiary alicyclic amines) is 1. The molecule has 0 bridgehead atoms. The Bertz CT molecular complexity index is 520. The van der Waals surface area contributed by atoms with E-state index in [1.807, 2.05) is 23.1 Å². The van der Waals surface area contributed by atoms with Crippen LogP contribution in [-0.2, 0) is 11.2 Å². The fourth-order valence-electron chi connectivity index (χ4n) is 3.35. The van der Waals surface area contributed by atoms with Gasteiger partial charge in [-0.3, -0.25) is 4.79 Å². The molecule has 5 nitrogen and oxygen atoms in total. The van der Waals surface area contributed by atoms with Crippen LogP contribution < -0.4 is 14.8 Å². The maximum absolute atomic E-state index is 12.5. The SMILES string of the molecule is COc1ccc(OC)c(CC(=O)N2C[C@H]3CNC[C@H]3C2)c1. The van der Waals surface area contributed by atoms with E-state index in [1.165, 1.54) is 0 Å². The lowest BCUT2D eigenvalue weighted by molar-refractivity contribution is -0.129. The van der Waals surface area contributed by atoms with Crippen molar-refractivity contribution in [3.63, 3.8) is 0 Å². The van der Waals surface area contributed by atoms with Gasteiger partial charge >= 0.3 is 0 Å². The third-order valence-electron chi connectivity index (χ3n) is 4.57. The number of ether oxygens (including phenoxy) is 2. The second kappa shape index (κ2) is 5.93. The lowest BCUT2D eigenvalue weighted by Crippen LogP contribution is -2.33. The number of rotatable bonds is 4. The van der Waals surface area contributed by atoms with Gasteiger partial charge in [-0.2, -0.15) is 0 Å². The van der Waals surface area contributed by atoms with Gasteiger partial charge in [0.25, 0.3) is 0 Å². The number of carbonyl (C=O) groups is 1. The lowest BCUT2D eigenvalue weighted by Gasteiger charge is -2.18. The topological polar surface area (TPSA) is 50.8 Å². The summed E-state index contributed by atoms with van der Waals surface area (Å²) >= 11 is 0. The van der Waals surface area contributed by atoms with E-state index < -0.39 is 0 Å². The Morgan fingerprint density at radius 3 is 2.57 bits per heavy atom. The Balaban J connectivity index is 1.70. The van der Waals surface area contributed by atoms with Gasteiger partial charge < -0.3 is 19.7 Å². The summed E-state index contributed by atoms with van der Waals surface area (Å²) in [5, 5.41) is 3.39. The first-order valence-corrected chi connectivity index (χ1v) is 7.40. The van der Waals surface area contributed by atoms with E-state index in [2.05, 4.69) is 5.32 Å². The number of fused-ring (bicyclic) bond motifs is 1. The Morgan fingerprint density at radius 2 is 1.95 bits per heavy atom. The molecule has 1 aromatic carbocycles. The van der Waals surface area contributed by atoms with E-state index in [1.54, 1.807) is 14.2 Å². The summed E-state index contributed by atoms with van der Waals surface area (Å²) in [6.07, 6.45) is 0.368. The summed E-state index contributed by atoms with van der Waals surface area (Å²) in [7, 11) is 3.25. The summed E-state index contributed by atoms with van der Waals surface area (Å²) in [5.74, 6) is 2.92. The van der Waals surface area contributed by atoms with Crippen LogP contribution >= 0.6 is 0 Å². The molecule has 2 atom stereocenters. The molecule has 21 heavy (non-hydrogen) atoms. The Kier molecular flexibility index (Phi) is 4.01. The van der Waals surface area contributed by atoms with E-state index >= 15 is 0 Å². The molecule has 1 N–H and O–H groups in total. The predicted octanol–water partition coefficient (Wildman–Crippen LogP) is 0.924. The van der Waals surface area contributed by atoms with E-state index in [0.29, 0.717) is 18.3 Å². The van der Waals surface area contributed by atoms with Crippen molar-refractivity contribution in [3.05, 3.63) is 23.8 Å². The Morgan fingerprint density at radius 1 is 1.24 bits per heavy atom. The standard InChI is InChI=1S/C16H22N2O3/c1-20-14-3-4-15(21-2)11(5-14)6-16(19)18-9-12-7-17-8-13(12)10-18/h3-5,12-13,17H,6-10H2,1-2H3/t12-,13+. The fraction of sp³-hybridized carbons (Fsp3) is 0.562. The molecule has 5 heteroatoms. The largest absolute Gasteiger partial charge is 0.497 e. The molecule has 2 saturated heterocycles. The van der Waals surface area contributed by atoms with Gasteiger partial charge in [0.2, 0.25) is 5.91 Å². The highest BCUT2D eigenvalue weighted by atomic mass is 16.5. The van der Waals surface area contributed by atoms with Gasteiger partial charge in [-0.05, 0) is 30.0 Å². The van der Waals surface area contributed by atoms with Crippen molar-refractivity contribution in [3.8, 4) is 11.5 Å². The zero-order chi connectivity index (χ0) is 14.8. The molecule has 2 aliphatic heterocycles. The minimum Gasteiger partial charge on any atom is -0.497 e. The predicted molar refractivity (Wildman–Crippen MR) is 79.7 cm³/mol. The molecule has 2 heterocycles. The van der Waals surface area contributed by atoms with Crippen molar-refractivity contribution in [2.75, 3.05) is 40.4 Å². The highest BCUT2D eigenvalue weighted by Crippen LogP contribution is 2.29. The van der Waals surface area contributed by atoms with Crippen LogP contribution in [0.2, 0.25) is 0 Å². The molecule has 0 radical (unpaired) electrons. The molecular weight excluding hydrogens is 268 g/mol. The van der Waals surface area contributed by atoms with Crippen molar-refractivity contribution in [2.24, 2.45) is 11.8 Å². The van der Waals surface area contributed by atoms with Crippen molar-refractivity contribution in [2.45, 2.75) is 6.42 Å². The minimum absolute atomic E-state index is 0.177. The van der Waals surface area contributed by atoms with Crippen LogP contribution in [0.25, 0.3) is 0 Å². The molecule has 0 unspecified atom stereocenters. The van der Waals surface area contributed by atoms with Crippen LogP contribution in [0.4, 0.5) is 0 Å². The molecule has 2 aliphatic rings. The van der Waals surface area contributed by atoms with Crippen molar-refractivity contribution < 1.29 is 14.3 Å². The third-order valence-corrected chi connectivity index (χ3v) is 4.57. The van der Waals surface area contributed by atoms with E-state index in [4.69, 9.17) is 9.47 Å². The molecule has 114 valence electrons. The lowest BCUT2D eigenvalue weighted by atomic mass is 10.0. The van der Waals surface area contributed by atoms with Gasteiger partial charge in [-0.1, -0.05) is 0 Å². The van der Waals surface area contributed by atoms with Gasteiger partial charge in [0.15, 0.2) is 0 Å². The summed E-state index contributed by atoms with van der Waals surface area (Å²) in [6.45, 7) is 3.83. The molecule has 1 amide bonds. The molecule has 0 aliphatic carbocycles. The van der Waals surface area contributed by atoms with Crippen LogP contribution in [0, 0.1) is 11.8 Å². The second-order valence-corrected chi connectivity index (χ2v) is 5.83. The number of methoxy groups -OCH3 is 2. The molecule has 2 fully saturated rings. The zero-order valence-corrected chi connectivity index (χ0v) is 12.6.